The standard InChI is InChI=1S/C30H34N4O3/c1-18-10-7-13-21(16-18)23(17-24(35)36)31-29(37)22-14-9-15-34-27(22)33-26(30(4,5)6)28(34)32-25-19(2)11-8-12-20(25)3/h7-16,23,32H,17H2,1-6H3,(H,31,37)(H,35,36). The number of imidazole rings is 1. The maximum atomic E-state index is 13.6. The summed E-state index contributed by atoms with van der Waals surface area (Å²) >= 11 is 0. The van der Waals surface area contributed by atoms with E-state index in [-0.39, 0.29) is 17.7 Å². The van der Waals surface area contributed by atoms with Crippen molar-refractivity contribution >= 4 is 29.0 Å². The van der Waals surface area contributed by atoms with Gasteiger partial charge >= 0.3 is 5.97 Å². The highest BCUT2D eigenvalue weighted by Crippen LogP contribution is 2.35. The van der Waals surface area contributed by atoms with Gasteiger partial charge in [-0.3, -0.25) is 14.0 Å². The Hall–Kier alpha value is -4.13. The number of aryl methyl sites for hydroxylation is 3. The molecule has 0 fully saturated rings. The number of fused-ring (bicyclic) bond motifs is 1. The lowest BCUT2D eigenvalue weighted by molar-refractivity contribution is -0.137. The number of carbonyl (C=O) groups excluding carboxylic acids is 1. The molecular formula is C30H34N4O3. The second-order valence-electron chi connectivity index (χ2n) is 10.6. The minimum Gasteiger partial charge on any atom is -0.481 e. The second kappa shape index (κ2) is 10.1. The molecule has 4 aromatic rings. The van der Waals surface area contributed by atoms with Gasteiger partial charge in [0, 0.05) is 17.3 Å². The predicted octanol–water partition coefficient (Wildman–Crippen LogP) is 6.25. The Balaban J connectivity index is 1.79. The van der Waals surface area contributed by atoms with Gasteiger partial charge in [0.2, 0.25) is 0 Å². The lowest BCUT2D eigenvalue weighted by Gasteiger charge is -2.20. The lowest BCUT2D eigenvalue weighted by atomic mass is 9.92. The number of carboxylic acid groups (broad SMARTS) is 1. The summed E-state index contributed by atoms with van der Waals surface area (Å²) in [5.41, 5.74) is 6.39. The molecule has 0 spiro atoms. The normalized spacial score (nSPS) is 12.4. The van der Waals surface area contributed by atoms with Crippen molar-refractivity contribution in [2.45, 2.75) is 59.4 Å². The summed E-state index contributed by atoms with van der Waals surface area (Å²) in [4.78, 5) is 30.1. The van der Waals surface area contributed by atoms with Crippen molar-refractivity contribution in [2.24, 2.45) is 0 Å². The maximum Gasteiger partial charge on any atom is 0.305 e. The SMILES string of the molecule is Cc1cccc(C(CC(=O)O)NC(=O)c2cccn3c(Nc4c(C)cccc4C)c(C(C)(C)C)nc23)c1. The van der Waals surface area contributed by atoms with Gasteiger partial charge in [-0.2, -0.15) is 0 Å². The third-order valence-electron chi connectivity index (χ3n) is 6.46. The van der Waals surface area contributed by atoms with Crippen molar-refractivity contribution in [2.75, 3.05) is 5.32 Å². The van der Waals surface area contributed by atoms with Crippen LogP contribution in [0.3, 0.4) is 0 Å². The molecule has 2 aromatic carbocycles. The molecule has 0 saturated carbocycles. The summed E-state index contributed by atoms with van der Waals surface area (Å²) in [5, 5.41) is 16.0. The van der Waals surface area contributed by atoms with Crippen LogP contribution in [0.5, 0.6) is 0 Å². The Bertz CT molecular complexity index is 1460. The summed E-state index contributed by atoms with van der Waals surface area (Å²) in [7, 11) is 0. The highest BCUT2D eigenvalue weighted by Gasteiger charge is 2.28. The van der Waals surface area contributed by atoms with Crippen LogP contribution in [0.15, 0.2) is 60.8 Å². The largest absolute Gasteiger partial charge is 0.481 e. The summed E-state index contributed by atoms with van der Waals surface area (Å²) < 4.78 is 1.90. The first-order valence-electron chi connectivity index (χ1n) is 12.4. The zero-order valence-electron chi connectivity index (χ0n) is 22.2. The number of amides is 1. The van der Waals surface area contributed by atoms with Crippen LogP contribution in [0.4, 0.5) is 11.5 Å². The van der Waals surface area contributed by atoms with Crippen molar-refractivity contribution in [1.29, 1.82) is 0 Å². The monoisotopic (exact) mass is 498 g/mol. The van der Waals surface area contributed by atoms with E-state index in [1.165, 1.54) is 0 Å². The van der Waals surface area contributed by atoms with Crippen molar-refractivity contribution < 1.29 is 14.7 Å². The van der Waals surface area contributed by atoms with E-state index in [0.29, 0.717) is 11.2 Å². The van der Waals surface area contributed by atoms with Gasteiger partial charge in [0.1, 0.15) is 5.82 Å². The molecule has 2 aromatic heterocycles. The molecule has 0 saturated heterocycles. The lowest BCUT2D eigenvalue weighted by Crippen LogP contribution is -2.30. The molecule has 1 amide bonds. The minimum absolute atomic E-state index is 0.223. The second-order valence-corrected chi connectivity index (χ2v) is 10.6. The molecule has 7 heteroatoms. The molecular weight excluding hydrogens is 464 g/mol. The molecule has 0 radical (unpaired) electrons. The average Bonchev–Trinajstić information content (AvgIpc) is 3.20. The molecule has 3 N–H and O–H groups in total. The van der Waals surface area contributed by atoms with E-state index in [1.54, 1.807) is 6.07 Å². The van der Waals surface area contributed by atoms with Gasteiger partial charge in [0.05, 0.1) is 23.7 Å². The number of nitrogens with one attached hydrogen (secondary N) is 2. The highest BCUT2D eigenvalue weighted by atomic mass is 16.4. The first kappa shape index (κ1) is 25.9. The number of nitrogens with zero attached hydrogens (tertiary/aromatic N) is 2. The number of hydrogen-bond acceptors (Lipinski definition) is 4. The first-order chi connectivity index (χ1) is 17.5. The van der Waals surface area contributed by atoms with E-state index in [2.05, 4.69) is 57.4 Å². The topological polar surface area (TPSA) is 95.7 Å². The molecule has 4 rings (SSSR count). The van der Waals surface area contributed by atoms with Gasteiger partial charge in [-0.25, -0.2) is 4.98 Å². The van der Waals surface area contributed by atoms with Crippen LogP contribution in [-0.2, 0) is 10.2 Å². The fourth-order valence-electron chi connectivity index (χ4n) is 4.57. The molecule has 2 heterocycles. The van der Waals surface area contributed by atoms with Gasteiger partial charge in [-0.1, -0.05) is 68.8 Å². The van der Waals surface area contributed by atoms with Crippen molar-refractivity contribution in [1.82, 2.24) is 14.7 Å². The number of aliphatic carboxylic acids is 1. The van der Waals surface area contributed by atoms with E-state index in [4.69, 9.17) is 4.98 Å². The quantitative estimate of drug-likeness (QED) is 0.280. The number of para-hydroxylation sites is 1. The Kier molecular flexibility index (Phi) is 7.07. The molecule has 0 aliphatic rings. The molecule has 192 valence electrons. The third kappa shape index (κ3) is 5.50. The van der Waals surface area contributed by atoms with Gasteiger partial charge in [0.25, 0.3) is 5.91 Å². The highest BCUT2D eigenvalue weighted by molar-refractivity contribution is 6.00. The molecule has 37 heavy (non-hydrogen) atoms. The van der Waals surface area contributed by atoms with Gasteiger partial charge in [0.15, 0.2) is 5.65 Å². The fourth-order valence-corrected chi connectivity index (χ4v) is 4.57. The zero-order chi connectivity index (χ0) is 26.9. The predicted molar refractivity (Wildman–Crippen MR) is 147 cm³/mol. The third-order valence-corrected chi connectivity index (χ3v) is 6.46. The van der Waals surface area contributed by atoms with Crippen LogP contribution in [0, 0.1) is 20.8 Å². The zero-order valence-corrected chi connectivity index (χ0v) is 22.2. The number of carboxylic acids is 1. The van der Waals surface area contributed by atoms with Crippen LogP contribution in [0.25, 0.3) is 5.65 Å². The molecule has 1 atom stereocenters. The van der Waals surface area contributed by atoms with Gasteiger partial charge in [-0.05, 0) is 49.6 Å². The Morgan fingerprint density at radius 3 is 2.30 bits per heavy atom. The fraction of sp³-hybridized carbons (Fsp3) is 0.300. The number of aromatic nitrogens is 2. The number of rotatable bonds is 7. The number of anilines is 2. The number of carbonyl (C=O) groups is 2. The Labute approximate surface area is 217 Å². The Morgan fingerprint density at radius 2 is 1.68 bits per heavy atom. The Morgan fingerprint density at radius 1 is 1.00 bits per heavy atom. The molecule has 1 unspecified atom stereocenters. The van der Waals surface area contributed by atoms with Crippen LogP contribution in [-0.4, -0.2) is 26.4 Å². The van der Waals surface area contributed by atoms with E-state index in [0.717, 1.165) is 39.5 Å². The van der Waals surface area contributed by atoms with Crippen LogP contribution < -0.4 is 10.6 Å². The summed E-state index contributed by atoms with van der Waals surface area (Å²) in [6.07, 6.45) is 1.67. The van der Waals surface area contributed by atoms with E-state index < -0.39 is 12.0 Å². The van der Waals surface area contributed by atoms with E-state index in [1.807, 2.05) is 53.9 Å². The summed E-state index contributed by atoms with van der Waals surface area (Å²) in [6.45, 7) is 12.3. The molecule has 7 nitrogen and oxygen atoms in total. The van der Waals surface area contributed by atoms with Crippen LogP contribution >= 0.6 is 0 Å². The van der Waals surface area contributed by atoms with Crippen molar-refractivity contribution in [3.63, 3.8) is 0 Å². The van der Waals surface area contributed by atoms with Gasteiger partial charge < -0.3 is 15.7 Å². The molecule has 0 aliphatic carbocycles. The van der Waals surface area contributed by atoms with Crippen molar-refractivity contribution in [3.8, 4) is 0 Å². The minimum atomic E-state index is -0.985. The smallest absolute Gasteiger partial charge is 0.305 e. The van der Waals surface area contributed by atoms with Gasteiger partial charge in [-0.15, -0.1) is 0 Å². The average molecular weight is 499 g/mol. The van der Waals surface area contributed by atoms with Crippen molar-refractivity contribution in [3.05, 3.63) is 94.3 Å². The summed E-state index contributed by atoms with van der Waals surface area (Å²) in [6, 6.07) is 16.5. The van der Waals surface area contributed by atoms with E-state index in [9.17, 15) is 14.7 Å². The first-order valence-corrected chi connectivity index (χ1v) is 12.4. The van der Waals surface area contributed by atoms with Crippen LogP contribution in [0.2, 0.25) is 0 Å². The van der Waals surface area contributed by atoms with Crippen LogP contribution in [0.1, 0.15) is 71.5 Å². The number of hydrogen-bond donors (Lipinski definition) is 3. The number of pyridine rings is 1. The summed E-state index contributed by atoms with van der Waals surface area (Å²) in [5.74, 6) is -0.557. The number of benzene rings is 2. The van der Waals surface area contributed by atoms with E-state index >= 15 is 0 Å². The maximum absolute atomic E-state index is 13.6. The molecule has 0 bridgehead atoms. The molecule has 0 aliphatic heterocycles.